The number of carbonyl (C=O) groups is 2. The Balaban J connectivity index is 1.39. The fraction of sp³-hybridized carbons (Fsp3) is 0.273. The molecule has 1 aliphatic rings. The van der Waals surface area contributed by atoms with Crippen LogP contribution in [0.4, 0.5) is 5.69 Å². The summed E-state index contributed by atoms with van der Waals surface area (Å²) in [6.45, 7) is 2.39. The van der Waals surface area contributed by atoms with E-state index in [2.05, 4.69) is 10.1 Å². The van der Waals surface area contributed by atoms with Gasteiger partial charge in [-0.1, -0.05) is 24.3 Å². The zero-order chi connectivity index (χ0) is 21.1. The Hall–Kier alpha value is -3.13. The lowest BCUT2D eigenvalue weighted by atomic mass is 10.1. The Labute approximate surface area is 179 Å². The van der Waals surface area contributed by atoms with Gasteiger partial charge in [0.25, 0.3) is 0 Å². The Kier molecular flexibility index (Phi) is 5.85. The highest BCUT2D eigenvalue weighted by atomic mass is 32.2. The normalized spacial score (nSPS) is 14.3. The first-order valence-electron chi connectivity index (χ1n) is 9.77. The van der Waals surface area contributed by atoms with E-state index in [0.29, 0.717) is 12.3 Å². The molecule has 1 aliphatic heterocycles. The predicted molar refractivity (Wildman–Crippen MR) is 117 cm³/mol. The zero-order valence-electron chi connectivity index (χ0n) is 16.9. The molecule has 0 spiro atoms. The summed E-state index contributed by atoms with van der Waals surface area (Å²) in [6, 6.07) is 15.7. The SMILES string of the molecule is C[C@H](c1ccc(-n2cncn2)cc1)N(C)C(=O)CCN1C(=O)CSc2ccccc21. The van der Waals surface area contributed by atoms with E-state index in [1.165, 1.54) is 6.33 Å². The minimum Gasteiger partial charge on any atom is -0.339 e. The molecule has 0 saturated heterocycles. The number of anilines is 1. The molecule has 3 aromatic rings. The number of thioether (sulfide) groups is 1. The average molecular weight is 422 g/mol. The van der Waals surface area contributed by atoms with Gasteiger partial charge in [-0.15, -0.1) is 11.8 Å². The number of benzene rings is 2. The van der Waals surface area contributed by atoms with Gasteiger partial charge >= 0.3 is 0 Å². The summed E-state index contributed by atoms with van der Waals surface area (Å²) in [4.78, 5) is 33.7. The molecule has 1 atom stereocenters. The number of carbonyl (C=O) groups excluding carboxylic acids is 2. The maximum absolute atomic E-state index is 12.8. The molecular weight excluding hydrogens is 398 g/mol. The van der Waals surface area contributed by atoms with Crippen molar-refractivity contribution < 1.29 is 9.59 Å². The lowest BCUT2D eigenvalue weighted by molar-refractivity contribution is -0.131. The van der Waals surface area contributed by atoms with Crippen LogP contribution in [-0.2, 0) is 9.59 Å². The van der Waals surface area contributed by atoms with E-state index in [1.807, 2.05) is 55.5 Å². The van der Waals surface area contributed by atoms with Crippen LogP contribution in [0.3, 0.4) is 0 Å². The second-order valence-corrected chi connectivity index (χ2v) is 8.18. The third-order valence-electron chi connectivity index (χ3n) is 5.39. The van der Waals surface area contributed by atoms with Crippen LogP contribution >= 0.6 is 11.8 Å². The van der Waals surface area contributed by atoms with Crippen molar-refractivity contribution in [3.63, 3.8) is 0 Å². The minimum absolute atomic E-state index is 0.00589. The molecule has 2 aromatic carbocycles. The van der Waals surface area contributed by atoms with Crippen LogP contribution < -0.4 is 4.90 Å². The first-order valence-corrected chi connectivity index (χ1v) is 10.8. The number of aromatic nitrogens is 3. The fourth-order valence-corrected chi connectivity index (χ4v) is 4.41. The summed E-state index contributed by atoms with van der Waals surface area (Å²) in [5.41, 5.74) is 2.84. The standard InChI is InChI=1S/C22H23N5O2S/c1-16(17-7-9-18(10-8-17)27-15-23-14-24-27)25(2)21(28)11-12-26-19-5-3-4-6-20(19)30-13-22(26)29/h3-10,14-16H,11-13H2,1-2H3/t16-/m1/s1. The second kappa shape index (κ2) is 8.71. The largest absolute Gasteiger partial charge is 0.339 e. The number of nitrogens with zero attached hydrogens (tertiary/aromatic N) is 5. The third-order valence-corrected chi connectivity index (χ3v) is 6.44. The number of amides is 2. The van der Waals surface area contributed by atoms with Crippen LogP contribution in [-0.4, -0.2) is 50.8 Å². The summed E-state index contributed by atoms with van der Waals surface area (Å²) in [7, 11) is 1.81. The maximum Gasteiger partial charge on any atom is 0.237 e. The first-order chi connectivity index (χ1) is 14.5. The molecule has 0 saturated carbocycles. The highest BCUT2D eigenvalue weighted by Gasteiger charge is 2.26. The van der Waals surface area contributed by atoms with Gasteiger partial charge in [0, 0.05) is 24.9 Å². The van der Waals surface area contributed by atoms with Gasteiger partial charge in [0.1, 0.15) is 12.7 Å². The van der Waals surface area contributed by atoms with Crippen molar-refractivity contribution in [2.24, 2.45) is 0 Å². The van der Waals surface area contributed by atoms with E-state index in [9.17, 15) is 9.59 Å². The molecule has 0 fully saturated rings. The van der Waals surface area contributed by atoms with Crippen LogP contribution in [0.2, 0.25) is 0 Å². The molecule has 0 radical (unpaired) electrons. The van der Waals surface area contributed by atoms with Gasteiger partial charge in [-0.25, -0.2) is 9.67 Å². The Bertz CT molecular complexity index is 1040. The molecule has 8 heteroatoms. The minimum atomic E-state index is -0.0813. The second-order valence-electron chi connectivity index (χ2n) is 7.16. The zero-order valence-corrected chi connectivity index (χ0v) is 17.7. The highest BCUT2D eigenvalue weighted by molar-refractivity contribution is 8.00. The Morgan fingerprint density at radius 1 is 1.20 bits per heavy atom. The fourth-order valence-electron chi connectivity index (χ4n) is 3.47. The van der Waals surface area contributed by atoms with Gasteiger partial charge < -0.3 is 9.80 Å². The Morgan fingerprint density at radius 2 is 1.97 bits per heavy atom. The van der Waals surface area contributed by atoms with Crippen LogP contribution in [0.1, 0.15) is 24.9 Å². The van der Waals surface area contributed by atoms with Crippen molar-refractivity contribution in [1.82, 2.24) is 19.7 Å². The van der Waals surface area contributed by atoms with Gasteiger partial charge in [0.2, 0.25) is 11.8 Å². The molecule has 0 bridgehead atoms. The maximum atomic E-state index is 12.8. The van der Waals surface area contributed by atoms with E-state index in [0.717, 1.165) is 21.8 Å². The predicted octanol–water partition coefficient (Wildman–Crippen LogP) is 3.32. The molecule has 2 heterocycles. The lowest BCUT2D eigenvalue weighted by Gasteiger charge is -2.30. The molecule has 7 nitrogen and oxygen atoms in total. The van der Waals surface area contributed by atoms with E-state index < -0.39 is 0 Å². The number of hydrogen-bond acceptors (Lipinski definition) is 5. The molecule has 0 aliphatic carbocycles. The number of hydrogen-bond donors (Lipinski definition) is 0. The van der Waals surface area contributed by atoms with Crippen LogP contribution in [0.5, 0.6) is 0 Å². The van der Waals surface area contributed by atoms with Crippen molar-refractivity contribution in [2.45, 2.75) is 24.3 Å². The topological polar surface area (TPSA) is 71.3 Å². The molecule has 1 aromatic heterocycles. The summed E-state index contributed by atoms with van der Waals surface area (Å²) in [5.74, 6) is 0.465. The average Bonchev–Trinajstić information content (AvgIpc) is 3.32. The molecule has 30 heavy (non-hydrogen) atoms. The number of rotatable bonds is 6. The quantitative estimate of drug-likeness (QED) is 0.611. The highest BCUT2D eigenvalue weighted by Crippen LogP contribution is 2.35. The van der Waals surface area contributed by atoms with E-state index in [-0.39, 0.29) is 24.3 Å². The first kappa shape index (κ1) is 20.2. The molecular formula is C22H23N5O2S. The summed E-state index contributed by atoms with van der Waals surface area (Å²) >= 11 is 1.55. The van der Waals surface area contributed by atoms with Crippen molar-refractivity contribution in [1.29, 1.82) is 0 Å². The molecule has 2 amide bonds. The lowest BCUT2D eigenvalue weighted by Crippen LogP contribution is -2.39. The van der Waals surface area contributed by atoms with Gasteiger partial charge in [0.15, 0.2) is 0 Å². The molecule has 154 valence electrons. The Morgan fingerprint density at radius 3 is 2.70 bits per heavy atom. The van der Waals surface area contributed by atoms with Crippen molar-refractivity contribution in [2.75, 3.05) is 24.2 Å². The van der Waals surface area contributed by atoms with E-state index >= 15 is 0 Å². The van der Waals surface area contributed by atoms with Crippen molar-refractivity contribution >= 4 is 29.3 Å². The van der Waals surface area contributed by atoms with Gasteiger partial charge in [0.05, 0.1) is 23.2 Å². The van der Waals surface area contributed by atoms with Crippen molar-refractivity contribution in [3.05, 3.63) is 66.7 Å². The number of para-hydroxylation sites is 1. The van der Waals surface area contributed by atoms with Crippen LogP contribution in [0, 0.1) is 0 Å². The van der Waals surface area contributed by atoms with E-state index in [1.54, 1.807) is 39.6 Å². The summed E-state index contributed by atoms with van der Waals surface area (Å²) in [6.07, 6.45) is 3.42. The van der Waals surface area contributed by atoms with Crippen LogP contribution in [0.15, 0.2) is 66.1 Å². The third kappa shape index (κ3) is 4.09. The van der Waals surface area contributed by atoms with Gasteiger partial charge in [-0.05, 0) is 36.8 Å². The molecule has 4 rings (SSSR count). The van der Waals surface area contributed by atoms with E-state index in [4.69, 9.17) is 0 Å². The summed E-state index contributed by atoms with van der Waals surface area (Å²) in [5, 5.41) is 4.12. The summed E-state index contributed by atoms with van der Waals surface area (Å²) < 4.78 is 1.69. The number of fused-ring (bicyclic) bond motifs is 1. The smallest absolute Gasteiger partial charge is 0.237 e. The van der Waals surface area contributed by atoms with Crippen molar-refractivity contribution in [3.8, 4) is 5.69 Å². The monoisotopic (exact) mass is 421 g/mol. The van der Waals surface area contributed by atoms with Crippen LogP contribution in [0.25, 0.3) is 5.69 Å². The van der Waals surface area contributed by atoms with Gasteiger partial charge in [-0.2, -0.15) is 5.10 Å². The van der Waals surface area contributed by atoms with Gasteiger partial charge in [-0.3, -0.25) is 9.59 Å². The molecule has 0 N–H and O–H groups in total. The molecule has 0 unspecified atom stereocenters.